The summed E-state index contributed by atoms with van der Waals surface area (Å²) in [5, 5.41) is 16.9. The Balaban J connectivity index is 0.000000132. The van der Waals surface area contributed by atoms with Gasteiger partial charge in [-0.25, -0.2) is 0 Å². The van der Waals surface area contributed by atoms with Crippen molar-refractivity contribution in [2.24, 2.45) is 0 Å². The van der Waals surface area contributed by atoms with E-state index in [-0.39, 0.29) is 0 Å². The normalized spacial score (nSPS) is 10.7. The van der Waals surface area contributed by atoms with Gasteiger partial charge in [0.1, 0.15) is 0 Å². The number of benzene rings is 12. The molecule has 0 aromatic heterocycles. The second-order valence-electron chi connectivity index (χ2n) is 19.7. The standard InChI is InChI=1S/2C20H19P.2C19H17P/c2*1-2-17-13-15-20(16-14-17)21(18-9-5-3-6-10-18)19-11-7-4-8-12-19;1-16-10-8-9-15-19(16)20(17-11-4-2-5-12-17)18-13-6-3-7-14-18;1-16-12-14-19(15-13-16)20(17-8-4-2-5-9-17)18-10-6-3-7-11-18/h2*3-16H,2H2,1H3;2*2-15H,1H3. The van der Waals surface area contributed by atoms with Gasteiger partial charge in [0.05, 0.1) is 0 Å². The molecule has 0 heterocycles. The quantitative estimate of drug-likeness (QED) is 0.0952. The summed E-state index contributed by atoms with van der Waals surface area (Å²) in [6.07, 6.45) is 2.18. The molecule has 0 N–H and O–H groups in total. The Bertz CT molecular complexity index is 3400. The van der Waals surface area contributed by atoms with Gasteiger partial charge in [0.15, 0.2) is 0 Å². The minimum Gasteiger partial charge on any atom is -0.0622 e. The number of hydrogen-bond acceptors (Lipinski definition) is 0. The van der Waals surface area contributed by atoms with Crippen molar-refractivity contribution in [2.45, 2.75) is 40.5 Å². The lowest BCUT2D eigenvalue weighted by molar-refractivity contribution is 1.14. The van der Waals surface area contributed by atoms with Crippen molar-refractivity contribution in [3.8, 4) is 0 Å². The van der Waals surface area contributed by atoms with E-state index in [0.717, 1.165) is 12.8 Å². The van der Waals surface area contributed by atoms with Crippen LogP contribution in [0.1, 0.15) is 36.1 Å². The molecule has 0 radical (unpaired) electrons. The molecule has 0 saturated heterocycles. The Morgan fingerprint density at radius 3 is 0.622 bits per heavy atom. The monoisotopic (exact) mass is 1130 g/mol. The van der Waals surface area contributed by atoms with Crippen molar-refractivity contribution in [2.75, 3.05) is 0 Å². The Morgan fingerprint density at radius 1 is 0.195 bits per heavy atom. The van der Waals surface area contributed by atoms with Crippen molar-refractivity contribution in [3.63, 3.8) is 0 Å². The minimum absolute atomic E-state index is 0.458. The SMILES string of the molecule is CCc1ccc(P(c2ccccc2)c2ccccc2)cc1.CCc1ccc(P(c2ccccc2)c2ccccc2)cc1.Cc1ccc(P(c2ccccc2)c2ccccc2)cc1.Cc1ccccc1P(c1ccccc1)c1ccccc1. The highest BCUT2D eigenvalue weighted by Gasteiger charge is 2.20. The molecule has 0 bridgehead atoms. The molecular formula is C78H72P4. The lowest BCUT2D eigenvalue weighted by Crippen LogP contribution is -2.22. The van der Waals surface area contributed by atoms with Crippen LogP contribution in [0, 0.1) is 13.8 Å². The van der Waals surface area contributed by atoms with Crippen LogP contribution in [0.4, 0.5) is 0 Å². The van der Waals surface area contributed by atoms with E-state index in [2.05, 4.69) is 367 Å². The molecule has 0 spiro atoms. The van der Waals surface area contributed by atoms with Crippen LogP contribution in [0.15, 0.2) is 340 Å². The predicted molar refractivity (Wildman–Crippen MR) is 369 cm³/mol. The van der Waals surface area contributed by atoms with Crippen molar-refractivity contribution < 1.29 is 0 Å². The third kappa shape index (κ3) is 16.5. The molecule has 404 valence electrons. The van der Waals surface area contributed by atoms with Gasteiger partial charge in [-0.15, -0.1) is 0 Å². The Hall–Kier alpha value is -7.64. The zero-order valence-electron chi connectivity index (χ0n) is 47.5. The second-order valence-corrected chi connectivity index (χ2v) is 28.5. The molecule has 0 aliphatic carbocycles. The van der Waals surface area contributed by atoms with Crippen molar-refractivity contribution in [3.05, 3.63) is 362 Å². The van der Waals surface area contributed by atoms with Crippen LogP contribution in [0.5, 0.6) is 0 Å². The van der Waals surface area contributed by atoms with E-state index in [1.54, 1.807) is 0 Å². The van der Waals surface area contributed by atoms with Gasteiger partial charge in [0.2, 0.25) is 0 Å². The van der Waals surface area contributed by atoms with Crippen LogP contribution in [-0.4, -0.2) is 0 Å². The lowest BCUT2D eigenvalue weighted by Gasteiger charge is -2.21. The first-order valence-electron chi connectivity index (χ1n) is 28.4. The smallest absolute Gasteiger partial charge is 0.0122 e. The molecule has 0 unspecified atom stereocenters. The first kappa shape index (κ1) is 59.0. The molecule has 0 aliphatic rings. The average Bonchev–Trinajstić information content (AvgIpc) is 3.76. The van der Waals surface area contributed by atoms with Crippen molar-refractivity contribution in [1.29, 1.82) is 0 Å². The molecule has 0 saturated carbocycles. The summed E-state index contributed by atoms with van der Waals surface area (Å²) >= 11 is 0. The highest BCUT2D eigenvalue weighted by Crippen LogP contribution is 2.36. The predicted octanol–water partition coefficient (Wildman–Crippen LogP) is 15.5. The van der Waals surface area contributed by atoms with E-state index in [1.807, 2.05) is 0 Å². The first-order valence-corrected chi connectivity index (χ1v) is 33.7. The van der Waals surface area contributed by atoms with Crippen LogP contribution in [-0.2, 0) is 12.8 Å². The number of hydrogen-bond donors (Lipinski definition) is 0. The fourth-order valence-corrected chi connectivity index (χ4v) is 19.0. The molecule has 0 amide bonds. The molecule has 12 rings (SSSR count). The van der Waals surface area contributed by atoms with Gasteiger partial charge in [0, 0.05) is 0 Å². The highest BCUT2D eigenvalue weighted by atomic mass is 31.1. The number of aryl methyl sites for hydroxylation is 4. The maximum atomic E-state index is 2.30. The van der Waals surface area contributed by atoms with Gasteiger partial charge in [-0.2, -0.15) is 0 Å². The summed E-state index contributed by atoms with van der Waals surface area (Å²) in [7, 11) is -1.85. The zero-order chi connectivity index (χ0) is 56.6. The summed E-state index contributed by atoms with van der Waals surface area (Å²) in [4.78, 5) is 0. The third-order valence-corrected chi connectivity index (χ3v) is 23.9. The Kier molecular flexibility index (Phi) is 22.7. The van der Waals surface area contributed by atoms with Crippen molar-refractivity contribution in [1.82, 2.24) is 0 Å². The van der Waals surface area contributed by atoms with E-state index < -0.39 is 31.7 Å². The molecule has 12 aromatic rings. The number of rotatable bonds is 14. The molecule has 4 heteroatoms. The molecule has 0 fully saturated rings. The summed E-state index contributed by atoms with van der Waals surface area (Å²) < 4.78 is 0. The summed E-state index contributed by atoms with van der Waals surface area (Å²) in [6.45, 7) is 8.74. The van der Waals surface area contributed by atoms with Crippen LogP contribution in [0.25, 0.3) is 0 Å². The van der Waals surface area contributed by atoms with Gasteiger partial charge in [-0.3, -0.25) is 0 Å². The van der Waals surface area contributed by atoms with Crippen molar-refractivity contribution >= 4 is 95.3 Å². The zero-order valence-corrected chi connectivity index (χ0v) is 51.1. The third-order valence-electron chi connectivity index (χ3n) is 14.0. The van der Waals surface area contributed by atoms with E-state index in [9.17, 15) is 0 Å². The van der Waals surface area contributed by atoms with Gasteiger partial charge in [-0.05, 0) is 139 Å². The minimum atomic E-state index is -0.467. The molecule has 0 aliphatic heterocycles. The second kappa shape index (κ2) is 31.5. The van der Waals surface area contributed by atoms with Gasteiger partial charge in [-0.1, -0.05) is 359 Å². The van der Waals surface area contributed by atoms with E-state index in [4.69, 9.17) is 0 Å². The Labute approximate surface area is 494 Å². The Morgan fingerprint density at radius 2 is 0.390 bits per heavy atom. The fraction of sp³-hybridized carbons (Fsp3) is 0.0769. The molecular weight excluding hydrogens is 1060 g/mol. The van der Waals surface area contributed by atoms with Crippen LogP contribution in [0.2, 0.25) is 0 Å². The summed E-state index contributed by atoms with van der Waals surface area (Å²) in [6, 6.07) is 122. The molecule has 0 atom stereocenters. The van der Waals surface area contributed by atoms with E-state index in [1.165, 1.54) is 85.9 Å². The van der Waals surface area contributed by atoms with Gasteiger partial charge in [0.25, 0.3) is 0 Å². The van der Waals surface area contributed by atoms with E-state index in [0.29, 0.717) is 0 Å². The largest absolute Gasteiger partial charge is 0.0622 e. The summed E-state index contributed by atoms with van der Waals surface area (Å²) in [5.74, 6) is 0. The first-order chi connectivity index (χ1) is 40.5. The summed E-state index contributed by atoms with van der Waals surface area (Å²) in [5.41, 5.74) is 5.47. The van der Waals surface area contributed by atoms with Gasteiger partial charge < -0.3 is 0 Å². The molecule has 12 aromatic carbocycles. The molecule has 0 nitrogen and oxygen atoms in total. The van der Waals surface area contributed by atoms with E-state index >= 15 is 0 Å². The maximum Gasteiger partial charge on any atom is -0.0122 e. The van der Waals surface area contributed by atoms with Crippen LogP contribution in [0.3, 0.4) is 0 Å². The van der Waals surface area contributed by atoms with Gasteiger partial charge >= 0.3 is 0 Å². The molecule has 82 heavy (non-hydrogen) atoms. The lowest BCUT2D eigenvalue weighted by atomic mass is 10.2. The maximum absolute atomic E-state index is 2.30. The fourth-order valence-electron chi connectivity index (χ4n) is 9.65. The van der Waals surface area contributed by atoms with Crippen LogP contribution >= 0.6 is 31.7 Å². The topological polar surface area (TPSA) is 0 Å². The average molecular weight is 1130 g/mol. The van der Waals surface area contributed by atoms with Crippen LogP contribution < -0.4 is 63.7 Å². The highest BCUT2D eigenvalue weighted by molar-refractivity contribution is 7.81.